The van der Waals surface area contributed by atoms with Gasteiger partial charge in [-0.05, 0) is 39.5 Å². The van der Waals surface area contributed by atoms with Crippen molar-refractivity contribution < 1.29 is 14.6 Å². The molecule has 0 aliphatic heterocycles. The molecule has 15 heavy (non-hydrogen) atoms. The fourth-order valence-corrected chi connectivity index (χ4v) is 1.74. The van der Waals surface area contributed by atoms with Crippen molar-refractivity contribution in [2.75, 3.05) is 6.61 Å². The molecule has 1 N–H and O–H groups in total. The van der Waals surface area contributed by atoms with Gasteiger partial charge in [0, 0.05) is 6.61 Å². The van der Waals surface area contributed by atoms with Gasteiger partial charge < -0.3 is 9.84 Å². The summed E-state index contributed by atoms with van der Waals surface area (Å²) in [4.78, 5) is 11.8. The fourth-order valence-electron chi connectivity index (χ4n) is 1.74. The number of hydrogen-bond donors (Lipinski definition) is 1. The summed E-state index contributed by atoms with van der Waals surface area (Å²) in [6, 6.07) is 0. The molecule has 1 rings (SSSR count). The first-order chi connectivity index (χ1) is 6.94. The third-order valence-electron chi connectivity index (χ3n) is 2.51. The lowest BCUT2D eigenvalue weighted by atomic mass is 9.83. The van der Waals surface area contributed by atoms with E-state index in [1.54, 1.807) is 0 Å². The van der Waals surface area contributed by atoms with Crippen molar-refractivity contribution in [3.05, 3.63) is 12.2 Å². The Hall–Kier alpha value is -0.830. The Bertz CT molecular complexity index is 250. The van der Waals surface area contributed by atoms with Crippen LogP contribution in [0.15, 0.2) is 12.2 Å². The molecule has 0 spiro atoms. The van der Waals surface area contributed by atoms with Crippen LogP contribution in [0.2, 0.25) is 0 Å². The molecule has 86 valence electrons. The van der Waals surface area contributed by atoms with Crippen LogP contribution in [0.5, 0.6) is 0 Å². The lowest BCUT2D eigenvalue weighted by molar-refractivity contribution is -0.162. The monoisotopic (exact) mass is 212 g/mol. The van der Waals surface area contributed by atoms with Crippen LogP contribution in [0, 0.1) is 11.8 Å². The van der Waals surface area contributed by atoms with Crippen LogP contribution in [0.1, 0.15) is 33.6 Å². The minimum absolute atomic E-state index is 0.0184. The third-order valence-corrected chi connectivity index (χ3v) is 2.51. The molecule has 0 amide bonds. The molecule has 3 nitrogen and oxygen atoms in total. The van der Waals surface area contributed by atoms with Gasteiger partial charge in [-0.25, -0.2) is 0 Å². The lowest BCUT2D eigenvalue weighted by Gasteiger charge is -2.29. The summed E-state index contributed by atoms with van der Waals surface area (Å²) in [5, 5.41) is 9.17. The highest BCUT2D eigenvalue weighted by atomic mass is 16.6. The predicted molar refractivity (Wildman–Crippen MR) is 58.3 cm³/mol. The number of aliphatic hydroxyl groups is 1. The average molecular weight is 212 g/mol. The summed E-state index contributed by atoms with van der Waals surface area (Å²) in [6.07, 6.45) is 5.45. The van der Waals surface area contributed by atoms with Gasteiger partial charge in [0.05, 0.1) is 5.92 Å². The zero-order valence-corrected chi connectivity index (χ0v) is 9.69. The lowest BCUT2D eigenvalue weighted by Crippen LogP contribution is -2.34. The topological polar surface area (TPSA) is 46.5 Å². The molecule has 0 fully saturated rings. The van der Waals surface area contributed by atoms with Crippen LogP contribution in [-0.2, 0) is 9.53 Å². The Morgan fingerprint density at radius 3 is 2.53 bits per heavy atom. The van der Waals surface area contributed by atoms with Crippen LogP contribution in [-0.4, -0.2) is 23.3 Å². The second kappa shape index (κ2) is 4.79. The van der Waals surface area contributed by atoms with E-state index in [0.717, 1.165) is 6.42 Å². The normalized spacial score (nSPS) is 26.4. The number of carbonyl (C=O) groups excluding carboxylic acids is 1. The Morgan fingerprint density at radius 1 is 1.40 bits per heavy atom. The van der Waals surface area contributed by atoms with Crippen molar-refractivity contribution in [2.24, 2.45) is 11.8 Å². The largest absolute Gasteiger partial charge is 0.460 e. The predicted octanol–water partition coefficient (Wildman–Crippen LogP) is 1.90. The molecule has 0 saturated heterocycles. The Labute approximate surface area is 91.1 Å². The fraction of sp³-hybridized carbons (Fsp3) is 0.750. The van der Waals surface area contributed by atoms with E-state index < -0.39 is 5.60 Å². The van der Waals surface area contributed by atoms with Crippen molar-refractivity contribution in [3.63, 3.8) is 0 Å². The molecule has 0 bridgehead atoms. The number of hydrogen-bond acceptors (Lipinski definition) is 3. The quantitative estimate of drug-likeness (QED) is 0.561. The molecule has 0 radical (unpaired) electrons. The van der Waals surface area contributed by atoms with E-state index >= 15 is 0 Å². The van der Waals surface area contributed by atoms with E-state index in [1.807, 2.05) is 32.9 Å². The van der Waals surface area contributed by atoms with Gasteiger partial charge in [0.25, 0.3) is 0 Å². The number of esters is 1. The highest BCUT2D eigenvalue weighted by Crippen LogP contribution is 2.27. The number of allylic oxidation sites excluding steroid dienone is 2. The van der Waals surface area contributed by atoms with Crippen LogP contribution >= 0.6 is 0 Å². The van der Waals surface area contributed by atoms with Gasteiger partial charge in [-0.1, -0.05) is 12.2 Å². The van der Waals surface area contributed by atoms with E-state index in [9.17, 15) is 4.79 Å². The third kappa shape index (κ3) is 3.67. The van der Waals surface area contributed by atoms with Gasteiger partial charge in [-0.3, -0.25) is 4.79 Å². The minimum Gasteiger partial charge on any atom is -0.460 e. The van der Waals surface area contributed by atoms with E-state index in [0.29, 0.717) is 6.42 Å². The highest BCUT2D eigenvalue weighted by molar-refractivity contribution is 5.73. The van der Waals surface area contributed by atoms with Crippen LogP contribution in [0.4, 0.5) is 0 Å². The first-order valence-corrected chi connectivity index (χ1v) is 5.43. The van der Waals surface area contributed by atoms with Gasteiger partial charge >= 0.3 is 5.97 Å². The van der Waals surface area contributed by atoms with Crippen LogP contribution < -0.4 is 0 Å². The molecule has 0 aromatic rings. The van der Waals surface area contributed by atoms with Gasteiger partial charge in [0.2, 0.25) is 0 Å². The molecule has 1 aliphatic rings. The van der Waals surface area contributed by atoms with Crippen LogP contribution in [0.25, 0.3) is 0 Å². The first-order valence-electron chi connectivity index (χ1n) is 5.43. The molecule has 1 aliphatic carbocycles. The molecule has 3 heteroatoms. The maximum atomic E-state index is 11.8. The second-order valence-corrected chi connectivity index (χ2v) is 5.03. The highest BCUT2D eigenvalue weighted by Gasteiger charge is 2.31. The number of aliphatic hydroxyl groups excluding tert-OH is 1. The second-order valence-electron chi connectivity index (χ2n) is 5.03. The molecule has 0 aromatic heterocycles. The van der Waals surface area contributed by atoms with Crippen LogP contribution in [0.3, 0.4) is 0 Å². The number of rotatable bonds is 2. The molecule has 0 saturated carbocycles. The molecular formula is C12H20O3. The number of ether oxygens (including phenoxy) is 1. The van der Waals surface area contributed by atoms with E-state index in [2.05, 4.69) is 0 Å². The van der Waals surface area contributed by atoms with Crippen molar-refractivity contribution in [3.8, 4) is 0 Å². The molecule has 0 aromatic carbocycles. The van der Waals surface area contributed by atoms with Gasteiger partial charge in [-0.15, -0.1) is 0 Å². The smallest absolute Gasteiger partial charge is 0.310 e. The summed E-state index contributed by atoms with van der Waals surface area (Å²) in [7, 11) is 0. The van der Waals surface area contributed by atoms with Crippen molar-refractivity contribution in [1.82, 2.24) is 0 Å². The molecule has 0 heterocycles. The number of carbonyl (C=O) groups is 1. The van der Waals surface area contributed by atoms with Gasteiger partial charge in [0.15, 0.2) is 0 Å². The summed E-state index contributed by atoms with van der Waals surface area (Å²) in [5.41, 5.74) is -0.446. The standard InChI is InChI=1S/C12H20O3/c1-12(2,3)15-11(14)10-7-5-4-6-9(10)8-13/h4-5,9-10,13H,6-8H2,1-3H3/t9-,10-/m1/s1. The maximum absolute atomic E-state index is 11.8. The minimum atomic E-state index is -0.446. The van der Waals surface area contributed by atoms with E-state index in [1.165, 1.54) is 0 Å². The molecular weight excluding hydrogens is 192 g/mol. The van der Waals surface area contributed by atoms with E-state index in [-0.39, 0.29) is 24.4 Å². The Balaban J connectivity index is 2.61. The summed E-state index contributed by atoms with van der Waals surface area (Å²) >= 11 is 0. The Morgan fingerprint density at radius 2 is 2.00 bits per heavy atom. The molecule has 2 atom stereocenters. The zero-order chi connectivity index (χ0) is 11.5. The summed E-state index contributed by atoms with van der Waals surface area (Å²) in [5.74, 6) is -0.352. The van der Waals surface area contributed by atoms with Gasteiger partial charge in [0.1, 0.15) is 5.60 Å². The maximum Gasteiger partial charge on any atom is 0.310 e. The molecule has 0 unspecified atom stereocenters. The summed E-state index contributed by atoms with van der Waals surface area (Å²) in [6.45, 7) is 5.63. The van der Waals surface area contributed by atoms with Crippen molar-refractivity contribution in [2.45, 2.75) is 39.2 Å². The van der Waals surface area contributed by atoms with Crippen molar-refractivity contribution >= 4 is 5.97 Å². The van der Waals surface area contributed by atoms with E-state index in [4.69, 9.17) is 9.84 Å². The summed E-state index contributed by atoms with van der Waals surface area (Å²) < 4.78 is 5.33. The van der Waals surface area contributed by atoms with Crippen molar-refractivity contribution in [1.29, 1.82) is 0 Å². The zero-order valence-electron chi connectivity index (χ0n) is 9.69. The first kappa shape index (κ1) is 12.2. The average Bonchev–Trinajstić information content (AvgIpc) is 2.15. The Kier molecular flexibility index (Phi) is 3.91. The van der Waals surface area contributed by atoms with Gasteiger partial charge in [-0.2, -0.15) is 0 Å². The SMILES string of the molecule is CC(C)(C)OC(=O)[C@@H]1CC=CC[C@@H]1CO.